The third-order valence-electron chi connectivity index (χ3n) is 2.33. The molecule has 0 radical (unpaired) electrons. The number of carbonyl (C=O) groups is 1. The van der Waals surface area contributed by atoms with E-state index < -0.39 is 6.23 Å². The number of carbonyl (C=O) groups excluding carboxylic acids is 1. The highest BCUT2D eigenvalue weighted by molar-refractivity contribution is 5.55. The van der Waals surface area contributed by atoms with E-state index in [2.05, 4.69) is 17.4 Å². The Morgan fingerprint density at radius 2 is 2.21 bits per heavy atom. The van der Waals surface area contributed by atoms with Gasteiger partial charge >= 0.3 is 0 Å². The molecule has 0 spiro atoms. The van der Waals surface area contributed by atoms with Crippen molar-refractivity contribution in [2.24, 2.45) is 0 Å². The molecule has 1 aliphatic heterocycles. The Bertz CT molecular complexity index is 299. The van der Waals surface area contributed by atoms with Crippen molar-refractivity contribution >= 4 is 6.29 Å². The number of ether oxygens (including phenoxy) is 1. The summed E-state index contributed by atoms with van der Waals surface area (Å²) in [6, 6.07) is 10.4. The van der Waals surface area contributed by atoms with Gasteiger partial charge in [0.1, 0.15) is 0 Å². The zero-order valence-corrected chi connectivity index (χ0v) is 7.85. The molecule has 1 saturated heterocycles. The van der Waals surface area contributed by atoms with E-state index in [1.165, 1.54) is 5.56 Å². The Morgan fingerprint density at radius 1 is 1.43 bits per heavy atom. The van der Waals surface area contributed by atoms with Crippen molar-refractivity contribution in [3.8, 4) is 0 Å². The molecule has 0 saturated carbocycles. The first kappa shape index (κ1) is 9.37. The summed E-state index contributed by atoms with van der Waals surface area (Å²) < 4.78 is 5.21. The van der Waals surface area contributed by atoms with Crippen molar-refractivity contribution in [1.82, 2.24) is 5.32 Å². The molecule has 1 aromatic rings. The van der Waals surface area contributed by atoms with Gasteiger partial charge in [0.05, 0.1) is 6.61 Å². The highest BCUT2D eigenvalue weighted by Gasteiger charge is 2.23. The summed E-state index contributed by atoms with van der Waals surface area (Å²) in [6.07, 6.45) is 1.29. The van der Waals surface area contributed by atoms with Gasteiger partial charge in [-0.2, -0.15) is 0 Å². The molecule has 2 rings (SSSR count). The van der Waals surface area contributed by atoms with Crippen LogP contribution >= 0.6 is 0 Å². The van der Waals surface area contributed by atoms with Crippen molar-refractivity contribution in [3.63, 3.8) is 0 Å². The molecule has 1 unspecified atom stereocenters. The summed E-state index contributed by atoms with van der Waals surface area (Å²) in [5.41, 5.74) is 1.26. The number of rotatable bonds is 3. The zero-order chi connectivity index (χ0) is 9.80. The van der Waals surface area contributed by atoms with Gasteiger partial charge in [-0.3, -0.25) is 10.1 Å². The van der Waals surface area contributed by atoms with Crippen LogP contribution in [0.1, 0.15) is 5.56 Å². The van der Waals surface area contributed by atoms with Gasteiger partial charge in [-0.1, -0.05) is 30.3 Å². The third kappa shape index (κ3) is 2.19. The molecule has 0 bridgehead atoms. The van der Waals surface area contributed by atoms with Gasteiger partial charge in [0.15, 0.2) is 12.5 Å². The average molecular weight is 191 g/mol. The van der Waals surface area contributed by atoms with Gasteiger partial charge in [-0.25, -0.2) is 0 Å². The van der Waals surface area contributed by atoms with Gasteiger partial charge in [0.25, 0.3) is 0 Å². The molecule has 1 aliphatic rings. The van der Waals surface area contributed by atoms with Crippen LogP contribution in [0.2, 0.25) is 0 Å². The molecule has 0 aromatic heterocycles. The fourth-order valence-corrected chi connectivity index (χ4v) is 1.64. The van der Waals surface area contributed by atoms with E-state index in [-0.39, 0.29) is 6.04 Å². The monoisotopic (exact) mass is 191 g/mol. The first-order valence-electron chi connectivity index (χ1n) is 4.75. The van der Waals surface area contributed by atoms with E-state index in [1.807, 2.05) is 18.2 Å². The lowest BCUT2D eigenvalue weighted by molar-refractivity contribution is -0.116. The van der Waals surface area contributed by atoms with Crippen molar-refractivity contribution < 1.29 is 9.53 Å². The maximum absolute atomic E-state index is 10.4. The summed E-state index contributed by atoms with van der Waals surface area (Å²) in [6.45, 7) is 0.609. The number of benzene rings is 1. The van der Waals surface area contributed by atoms with Crippen LogP contribution in [0.5, 0.6) is 0 Å². The Kier molecular flexibility index (Phi) is 2.91. The van der Waals surface area contributed by atoms with Gasteiger partial charge in [-0.15, -0.1) is 0 Å². The predicted octanol–water partition coefficient (Wildman–Crippen LogP) is 0.742. The summed E-state index contributed by atoms with van der Waals surface area (Å²) in [4.78, 5) is 10.4. The summed E-state index contributed by atoms with van der Waals surface area (Å²) in [5, 5.41) is 3.10. The van der Waals surface area contributed by atoms with Gasteiger partial charge < -0.3 is 4.74 Å². The van der Waals surface area contributed by atoms with E-state index in [9.17, 15) is 4.79 Å². The first-order chi connectivity index (χ1) is 6.88. The molecule has 0 amide bonds. The topological polar surface area (TPSA) is 38.3 Å². The van der Waals surface area contributed by atoms with Crippen LogP contribution in [0.3, 0.4) is 0 Å². The highest BCUT2D eigenvalue weighted by Crippen LogP contribution is 2.08. The van der Waals surface area contributed by atoms with Gasteiger partial charge in [-0.05, 0) is 12.0 Å². The molecule has 1 fully saturated rings. The Balaban J connectivity index is 1.90. The lowest BCUT2D eigenvalue weighted by atomic mass is 10.1. The van der Waals surface area contributed by atoms with Crippen LogP contribution in [-0.4, -0.2) is 25.2 Å². The van der Waals surface area contributed by atoms with Crippen molar-refractivity contribution in [3.05, 3.63) is 35.9 Å². The minimum Gasteiger partial charge on any atom is -0.355 e. The normalized spacial score (nSPS) is 26.3. The molecular formula is C11H13NO2. The first-order valence-corrected chi connectivity index (χ1v) is 4.75. The second kappa shape index (κ2) is 4.35. The third-order valence-corrected chi connectivity index (χ3v) is 2.33. The van der Waals surface area contributed by atoms with Crippen LogP contribution < -0.4 is 5.32 Å². The SMILES string of the molecule is O=CC1N[C@@H](Cc2ccccc2)CO1. The molecule has 3 heteroatoms. The van der Waals surface area contributed by atoms with Crippen LogP contribution in [0.25, 0.3) is 0 Å². The van der Waals surface area contributed by atoms with Crippen LogP contribution in [0, 0.1) is 0 Å². The molecule has 3 nitrogen and oxygen atoms in total. The van der Waals surface area contributed by atoms with E-state index in [0.29, 0.717) is 6.61 Å². The molecule has 14 heavy (non-hydrogen) atoms. The molecule has 2 atom stereocenters. The standard InChI is InChI=1S/C11H13NO2/c13-7-11-12-10(8-14-11)6-9-4-2-1-3-5-9/h1-5,7,10-12H,6,8H2/t10-,11?/m0/s1. The van der Waals surface area contributed by atoms with E-state index in [4.69, 9.17) is 4.74 Å². The second-order valence-electron chi connectivity index (χ2n) is 3.44. The van der Waals surface area contributed by atoms with Gasteiger partial charge in [0.2, 0.25) is 0 Å². The molecule has 1 N–H and O–H groups in total. The average Bonchev–Trinajstić information content (AvgIpc) is 2.67. The molecule has 1 aromatic carbocycles. The number of aldehydes is 1. The van der Waals surface area contributed by atoms with Crippen molar-refractivity contribution in [1.29, 1.82) is 0 Å². The van der Waals surface area contributed by atoms with Crippen molar-refractivity contribution in [2.75, 3.05) is 6.61 Å². The minimum atomic E-state index is -0.413. The Labute approximate surface area is 83.1 Å². The lowest BCUT2D eigenvalue weighted by Crippen LogP contribution is -2.32. The Morgan fingerprint density at radius 3 is 2.86 bits per heavy atom. The number of nitrogens with one attached hydrogen (secondary N) is 1. The van der Waals surface area contributed by atoms with Crippen LogP contribution in [0.15, 0.2) is 30.3 Å². The molecule has 74 valence electrons. The number of hydrogen-bond acceptors (Lipinski definition) is 3. The maximum atomic E-state index is 10.4. The number of hydrogen-bond donors (Lipinski definition) is 1. The van der Waals surface area contributed by atoms with E-state index in [0.717, 1.165) is 12.7 Å². The fourth-order valence-electron chi connectivity index (χ4n) is 1.64. The van der Waals surface area contributed by atoms with Gasteiger partial charge in [0, 0.05) is 6.04 Å². The quantitative estimate of drug-likeness (QED) is 0.716. The van der Waals surface area contributed by atoms with E-state index >= 15 is 0 Å². The largest absolute Gasteiger partial charge is 0.355 e. The fraction of sp³-hybridized carbons (Fsp3) is 0.364. The maximum Gasteiger partial charge on any atom is 0.164 e. The lowest BCUT2D eigenvalue weighted by Gasteiger charge is -2.08. The minimum absolute atomic E-state index is 0.257. The van der Waals surface area contributed by atoms with Crippen molar-refractivity contribution in [2.45, 2.75) is 18.7 Å². The zero-order valence-electron chi connectivity index (χ0n) is 7.85. The molecule has 0 aliphatic carbocycles. The predicted molar refractivity (Wildman–Crippen MR) is 52.9 cm³/mol. The second-order valence-corrected chi connectivity index (χ2v) is 3.44. The molecule has 1 heterocycles. The van der Waals surface area contributed by atoms with Crippen LogP contribution in [0.4, 0.5) is 0 Å². The van der Waals surface area contributed by atoms with E-state index in [1.54, 1.807) is 0 Å². The summed E-state index contributed by atoms with van der Waals surface area (Å²) in [5.74, 6) is 0. The smallest absolute Gasteiger partial charge is 0.164 e. The summed E-state index contributed by atoms with van der Waals surface area (Å²) >= 11 is 0. The Hall–Kier alpha value is -1.19. The molecular weight excluding hydrogens is 178 g/mol. The highest BCUT2D eigenvalue weighted by atomic mass is 16.5. The van der Waals surface area contributed by atoms with Crippen LogP contribution in [-0.2, 0) is 16.0 Å². The summed E-state index contributed by atoms with van der Waals surface area (Å²) in [7, 11) is 0.